The lowest BCUT2D eigenvalue weighted by Crippen LogP contribution is -2.13. The van der Waals surface area contributed by atoms with Crippen molar-refractivity contribution in [2.45, 2.75) is 32.8 Å². The Kier molecular flexibility index (Phi) is 7.60. The lowest BCUT2D eigenvalue weighted by molar-refractivity contribution is -0.142. The van der Waals surface area contributed by atoms with Gasteiger partial charge in [-0.15, -0.1) is 0 Å². The number of nitriles is 1. The van der Waals surface area contributed by atoms with Crippen LogP contribution in [0.4, 0.5) is 17.1 Å². The molecule has 0 spiro atoms. The summed E-state index contributed by atoms with van der Waals surface area (Å²) < 4.78 is 5.20. The summed E-state index contributed by atoms with van der Waals surface area (Å²) >= 11 is 0. The minimum Gasteiger partial charge on any atom is -0.459 e. The van der Waals surface area contributed by atoms with Gasteiger partial charge in [0.2, 0.25) is 0 Å². The fourth-order valence-corrected chi connectivity index (χ4v) is 4.04. The smallest absolute Gasteiger partial charge is 0.349 e. The van der Waals surface area contributed by atoms with Gasteiger partial charge in [0.05, 0.1) is 6.10 Å². The molecule has 0 amide bonds. The molecule has 0 saturated heterocycles. The third-order valence-corrected chi connectivity index (χ3v) is 5.69. The van der Waals surface area contributed by atoms with E-state index in [4.69, 9.17) is 4.74 Å². The Morgan fingerprint density at radius 3 is 1.97 bits per heavy atom. The van der Waals surface area contributed by atoms with Crippen molar-refractivity contribution in [3.63, 3.8) is 0 Å². The average molecular weight is 461 g/mol. The van der Waals surface area contributed by atoms with Crippen LogP contribution in [0.1, 0.15) is 32.3 Å². The van der Waals surface area contributed by atoms with Gasteiger partial charge < -0.3 is 9.64 Å². The Morgan fingerprint density at radius 1 is 0.857 bits per heavy atom. The molecule has 4 heteroatoms. The average Bonchev–Trinajstić information content (AvgIpc) is 3.33. The van der Waals surface area contributed by atoms with Crippen molar-refractivity contribution in [2.75, 3.05) is 4.90 Å². The summed E-state index contributed by atoms with van der Waals surface area (Å²) in [4.78, 5) is 14.4. The van der Waals surface area contributed by atoms with Gasteiger partial charge in [-0.1, -0.05) is 66.8 Å². The predicted molar refractivity (Wildman–Crippen MR) is 141 cm³/mol. The Labute approximate surface area is 207 Å². The minimum atomic E-state index is -0.545. The number of nitrogens with zero attached hydrogens (tertiary/aromatic N) is 2. The molecule has 0 aliphatic heterocycles. The van der Waals surface area contributed by atoms with E-state index in [2.05, 4.69) is 65.6 Å². The maximum Gasteiger partial charge on any atom is 0.349 e. The van der Waals surface area contributed by atoms with Crippen LogP contribution in [-0.2, 0) is 9.53 Å². The molecule has 174 valence electrons. The van der Waals surface area contributed by atoms with Gasteiger partial charge in [-0.2, -0.15) is 5.26 Å². The first kappa shape index (κ1) is 23.8. The van der Waals surface area contributed by atoms with Crippen molar-refractivity contribution < 1.29 is 9.53 Å². The first-order valence-electron chi connectivity index (χ1n) is 11.8. The highest BCUT2D eigenvalue weighted by atomic mass is 16.5. The second kappa shape index (κ2) is 11.2. The number of para-hydroxylation sites is 2. The molecule has 0 saturated carbocycles. The van der Waals surface area contributed by atoms with E-state index in [1.54, 1.807) is 13.8 Å². The van der Waals surface area contributed by atoms with Gasteiger partial charge in [-0.05, 0) is 79.8 Å². The number of anilines is 3. The zero-order chi connectivity index (χ0) is 24.6. The predicted octanol–water partition coefficient (Wildman–Crippen LogP) is 7.66. The van der Waals surface area contributed by atoms with Crippen molar-refractivity contribution in [2.24, 2.45) is 0 Å². The highest BCUT2D eigenvalue weighted by Crippen LogP contribution is 2.34. The van der Waals surface area contributed by atoms with Gasteiger partial charge in [-0.3, -0.25) is 0 Å². The molecule has 4 rings (SSSR count). The Balaban J connectivity index is 1.54. The van der Waals surface area contributed by atoms with Gasteiger partial charge in [0.15, 0.2) is 0 Å². The molecule has 0 bridgehead atoms. The molecule has 0 aromatic heterocycles. The SMILES string of the molecule is CC(C)OC(=O)C(C#N)=C1C=C(C=Cc2ccc(N(c3ccccc3)c3ccccc3)cc2)CC1. The zero-order valence-corrected chi connectivity index (χ0v) is 20.0. The number of ether oxygens (including phenoxy) is 1. The summed E-state index contributed by atoms with van der Waals surface area (Å²) in [7, 11) is 0. The quantitative estimate of drug-likeness (QED) is 0.206. The molecule has 1 aliphatic rings. The lowest BCUT2D eigenvalue weighted by Gasteiger charge is -2.25. The molecular weight excluding hydrogens is 432 g/mol. The second-order valence-corrected chi connectivity index (χ2v) is 8.62. The van der Waals surface area contributed by atoms with Crippen LogP contribution in [0.3, 0.4) is 0 Å². The maximum absolute atomic E-state index is 12.2. The number of esters is 1. The van der Waals surface area contributed by atoms with Gasteiger partial charge in [0, 0.05) is 17.1 Å². The van der Waals surface area contributed by atoms with Crippen LogP contribution in [0.5, 0.6) is 0 Å². The van der Waals surface area contributed by atoms with Crippen LogP contribution in [0.2, 0.25) is 0 Å². The fraction of sp³-hybridized carbons (Fsp3) is 0.161. The summed E-state index contributed by atoms with van der Waals surface area (Å²) in [5.41, 5.74) is 6.29. The van der Waals surface area contributed by atoms with E-state index >= 15 is 0 Å². The molecule has 0 unspecified atom stereocenters. The van der Waals surface area contributed by atoms with E-state index in [1.165, 1.54) is 0 Å². The topological polar surface area (TPSA) is 53.3 Å². The highest BCUT2D eigenvalue weighted by Gasteiger charge is 2.20. The van der Waals surface area contributed by atoms with Crippen LogP contribution in [0.25, 0.3) is 6.08 Å². The molecular formula is C31H28N2O2. The number of hydrogen-bond acceptors (Lipinski definition) is 4. The van der Waals surface area contributed by atoms with Crippen LogP contribution in [0, 0.1) is 11.3 Å². The highest BCUT2D eigenvalue weighted by molar-refractivity contribution is 5.94. The monoisotopic (exact) mass is 460 g/mol. The molecule has 0 radical (unpaired) electrons. The summed E-state index contributed by atoms with van der Waals surface area (Å²) in [6.07, 6.45) is 7.25. The Morgan fingerprint density at radius 2 is 1.43 bits per heavy atom. The van der Waals surface area contributed by atoms with Crippen molar-refractivity contribution in [1.82, 2.24) is 0 Å². The van der Waals surface area contributed by atoms with E-state index in [1.807, 2.05) is 48.5 Å². The molecule has 1 aliphatic carbocycles. The van der Waals surface area contributed by atoms with Gasteiger partial charge in [0.25, 0.3) is 0 Å². The summed E-state index contributed by atoms with van der Waals surface area (Å²) in [5.74, 6) is -0.545. The lowest BCUT2D eigenvalue weighted by atomic mass is 10.1. The molecule has 4 nitrogen and oxygen atoms in total. The number of hydrogen-bond donors (Lipinski definition) is 0. The number of rotatable bonds is 7. The zero-order valence-electron chi connectivity index (χ0n) is 20.0. The van der Waals surface area contributed by atoms with Crippen molar-refractivity contribution in [3.8, 4) is 6.07 Å². The minimum absolute atomic E-state index is 0.105. The molecule has 0 heterocycles. The maximum atomic E-state index is 12.2. The third kappa shape index (κ3) is 5.96. The van der Waals surface area contributed by atoms with Gasteiger partial charge >= 0.3 is 5.97 Å². The van der Waals surface area contributed by atoms with Crippen LogP contribution in [0.15, 0.2) is 114 Å². The summed E-state index contributed by atoms with van der Waals surface area (Å²) in [5, 5.41) is 9.44. The first-order valence-corrected chi connectivity index (χ1v) is 11.8. The van der Waals surface area contributed by atoms with Crippen LogP contribution >= 0.6 is 0 Å². The van der Waals surface area contributed by atoms with Gasteiger partial charge in [-0.25, -0.2) is 4.79 Å². The molecule has 35 heavy (non-hydrogen) atoms. The van der Waals surface area contributed by atoms with Crippen molar-refractivity contribution >= 4 is 29.1 Å². The van der Waals surface area contributed by atoms with E-state index in [0.717, 1.165) is 40.2 Å². The van der Waals surface area contributed by atoms with Crippen LogP contribution < -0.4 is 4.90 Å². The van der Waals surface area contributed by atoms with E-state index < -0.39 is 5.97 Å². The van der Waals surface area contributed by atoms with E-state index in [-0.39, 0.29) is 11.7 Å². The summed E-state index contributed by atoms with van der Waals surface area (Å²) in [6.45, 7) is 3.56. The fourth-order valence-electron chi connectivity index (χ4n) is 4.04. The number of carbonyl (C=O) groups excluding carboxylic acids is 1. The molecule has 0 atom stereocenters. The standard InChI is InChI=1S/C31H28N2O2/c1-23(2)35-31(34)30(22-32)26-18-15-25(21-26)14-13-24-16-19-29(20-17-24)33(27-9-5-3-6-10-27)28-11-7-4-8-12-28/h3-14,16-17,19-21,23H,15,18H2,1-2H3. The molecule has 3 aromatic carbocycles. The number of benzene rings is 3. The van der Waals surface area contributed by atoms with E-state index in [9.17, 15) is 10.1 Å². The molecule has 3 aromatic rings. The first-order chi connectivity index (χ1) is 17.0. The molecule has 0 fully saturated rings. The second-order valence-electron chi connectivity index (χ2n) is 8.62. The Hall–Kier alpha value is -4.36. The summed E-state index contributed by atoms with van der Waals surface area (Å²) in [6, 6.07) is 31.1. The van der Waals surface area contributed by atoms with Gasteiger partial charge in [0.1, 0.15) is 11.6 Å². The normalized spacial score (nSPS) is 14.5. The van der Waals surface area contributed by atoms with Crippen molar-refractivity contribution in [1.29, 1.82) is 5.26 Å². The molecule has 0 N–H and O–H groups in total. The third-order valence-electron chi connectivity index (χ3n) is 5.69. The largest absolute Gasteiger partial charge is 0.459 e. The Bertz CT molecular complexity index is 1260. The number of allylic oxidation sites excluding steroid dienone is 4. The van der Waals surface area contributed by atoms with E-state index in [0.29, 0.717) is 6.42 Å². The van der Waals surface area contributed by atoms with Crippen molar-refractivity contribution in [3.05, 3.63) is 119 Å². The van der Waals surface area contributed by atoms with Crippen LogP contribution in [-0.4, -0.2) is 12.1 Å². The number of carbonyl (C=O) groups is 1.